The lowest BCUT2D eigenvalue weighted by molar-refractivity contribution is -0.144. The number of thiazole rings is 1. The Hall–Kier alpha value is -2.12. The highest BCUT2D eigenvalue weighted by Crippen LogP contribution is 2.08. The van der Waals surface area contributed by atoms with E-state index in [2.05, 4.69) is 16.8 Å². The van der Waals surface area contributed by atoms with Crippen LogP contribution >= 0.6 is 11.3 Å². The van der Waals surface area contributed by atoms with Crippen molar-refractivity contribution in [3.05, 3.63) is 52.5 Å². The van der Waals surface area contributed by atoms with Gasteiger partial charge >= 0.3 is 5.97 Å². The first-order valence-electron chi connectivity index (χ1n) is 6.41. The number of benzene rings is 1. The van der Waals surface area contributed by atoms with Crippen molar-refractivity contribution < 1.29 is 9.53 Å². The van der Waals surface area contributed by atoms with Gasteiger partial charge in [-0.2, -0.15) is 0 Å². The summed E-state index contributed by atoms with van der Waals surface area (Å²) in [5.74, 6) is 5.94. The summed E-state index contributed by atoms with van der Waals surface area (Å²) in [4.78, 5) is 16.4. The maximum Gasteiger partial charge on any atom is 0.306 e. The Kier molecular flexibility index (Phi) is 5.81. The summed E-state index contributed by atoms with van der Waals surface area (Å²) in [5.41, 5.74) is 2.72. The van der Waals surface area contributed by atoms with E-state index in [-0.39, 0.29) is 5.97 Å². The van der Waals surface area contributed by atoms with Crippen molar-refractivity contribution in [2.45, 2.75) is 25.9 Å². The van der Waals surface area contributed by atoms with E-state index in [0.717, 1.165) is 16.9 Å². The van der Waals surface area contributed by atoms with Gasteiger partial charge in [0.15, 0.2) is 0 Å². The predicted octanol–water partition coefficient (Wildman–Crippen LogP) is 3.41. The zero-order valence-corrected chi connectivity index (χ0v) is 11.9. The van der Waals surface area contributed by atoms with Crippen molar-refractivity contribution in [1.82, 2.24) is 4.98 Å². The molecule has 0 saturated heterocycles. The van der Waals surface area contributed by atoms with Gasteiger partial charge < -0.3 is 4.74 Å². The Morgan fingerprint density at radius 1 is 1.30 bits per heavy atom. The highest BCUT2D eigenvalue weighted by atomic mass is 32.1. The zero-order chi connectivity index (χ0) is 14.0. The second-order valence-corrected chi connectivity index (χ2v) is 5.12. The third kappa shape index (κ3) is 5.25. The average Bonchev–Trinajstić information content (AvgIpc) is 2.99. The fourth-order valence-electron chi connectivity index (χ4n) is 1.54. The van der Waals surface area contributed by atoms with Crippen molar-refractivity contribution in [1.29, 1.82) is 0 Å². The molecule has 0 aliphatic heterocycles. The second kappa shape index (κ2) is 8.13. The molecule has 0 saturated carbocycles. The fourth-order valence-corrected chi connectivity index (χ4v) is 2.05. The van der Waals surface area contributed by atoms with E-state index in [9.17, 15) is 4.79 Å². The van der Waals surface area contributed by atoms with Gasteiger partial charge in [-0.15, -0.1) is 11.3 Å². The molecule has 0 fully saturated rings. The Balaban J connectivity index is 1.61. The molecule has 0 aliphatic rings. The van der Waals surface area contributed by atoms with Gasteiger partial charge in [0.25, 0.3) is 0 Å². The Morgan fingerprint density at radius 2 is 2.15 bits per heavy atom. The average molecular weight is 285 g/mol. The molecule has 0 radical (unpaired) electrons. The van der Waals surface area contributed by atoms with Crippen molar-refractivity contribution in [3.8, 4) is 11.8 Å². The summed E-state index contributed by atoms with van der Waals surface area (Å²) < 4.78 is 5.13. The van der Waals surface area contributed by atoms with E-state index in [4.69, 9.17) is 4.74 Å². The van der Waals surface area contributed by atoms with E-state index >= 15 is 0 Å². The molecule has 1 aromatic heterocycles. The Bertz CT molecular complexity index is 582. The van der Waals surface area contributed by atoms with Crippen LogP contribution in [0, 0.1) is 11.8 Å². The Morgan fingerprint density at radius 3 is 2.90 bits per heavy atom. The van der Waals surface area contributed by atoms with Crippen molar-refractivity contribution >= 4 is 17.3 Å². The Labute approximate surface area is 122 Å². The molecule has 0 spiro atoms. The molecule has 102 valence electrons. The summed E-state index contributed by atoms with van der Waals surface area (Å²) in [7, 11) is 0. The topological polar surface area (TPSA) is 39.2 Å². The lowest BCUT2D eigenvalue weighted by Crippen LogP contribution is -2.03. The molecule has 20 heavy (non-hydrogen) atoms. The summed E-state index contributed by atoms with van der Waals surface area (Å²) in [6, 6.07) is 9.82. The highest BCUT2D eigenvalue weighted by Gasteiger charge is 2.03. The number of carbonyl (C=O) groups excluding carboxylic acids is 1. The van der Waals surface area contributed by atoms with E-state index in [0.29, 0.717) is 19.4 Å². The van der Waals surface area contributed by atoms with Gasteiger partial charge in [0, 0.05) is 24.6 Å². The third-order valence-electron chi connectivity index (χ3n) is 2.55. The standard InChI is InChI=1S/C16H15NO2S/c18-16(19-12-15-11-17-13-20-15)10-6-2-5-9-14-7-3-1-4-8-14/h1,3-4,7-8,11,13H,2,6,10,12H2. The van der Waals surface area contributed by atoms with Crippen LogP contribution in [-0.2, 0) is 16.1 Å². The van der Waals surface area contributed by atoms with Gasteiger partial charge in [-0.1, -0.05) is 30.0 Å². The molecule has 4 heteroatoms. The number of unbranched alkanes of at least 4 members (excludes halogenated alkanes) is 1. The molecular formula is C16H15NO2S. The third-order valence-corrected chi connectivity index (χ3v) is 3.30. The molecule has 1 aromatic carbocycles. The lowest BCUT2D eigenvalue weighted by atomic mass is 10.2. The predicted molar refractivity (Wildman–Crippen MR) is 79.1 cm³/mol. The van der Waals surface area contributed by atoms with E-state index < -0.39 is 0 Å². The largest absolute Gasteiger partial charge is 0.460 e. The molecule has 3 nitrogen and oxygen atoms in total. The van der Waals surface area contributed by atoms with Crippen LogP contribution in [0.2, 0.25) is 0 Å². The van der Waals surface area contributed by atoms with Crippen molar-refractivity contribution in [2.24, 2.45) is 0 Å². The van der Waals surface area contributed by atoms with E-state index in [1.807, 2.05) is 30.3 Å². The number of carbonyl (C=O) groups is 1. The van der Waals surface area contributed by atoms with Gasteiger partial charge in [0.1, 0.15) is 6.61 Å². The van der Waals surface area contributed by atoms with Gasteiger partial charge in [0.05, 0.1) is 10.4 Å². The van der Waals surface area contributed by atoms with Gasteiger partial charge in [-0.05, 0) is 18.6 Å². The highest BCUT2D eigenvalue weighted by molar-refractivity contribution is 7.09. The number of nitrogens with zero attached hydrogens (tertiary/aromatic N) is 1. The first-order valence-corrected chi connectivity index (χ1v) is 7.29. The molecule has 0 N–H and O–H groups in total. The maximum absolute atomic E-state index is 11.5. The van der Waals surface area contributed by atoms with Gasteiger partial charge in [-0.25, -0.2) is 0 Å². The summed E-state index contributed by atoms with van der Waals surface area (Å²) in [5, 5.41) is 0. The van der Waals surface area contributed by atoms with Crippen LogP contribution in [0.1, 0.15) is 29.7 Å². The molecule has 0 amide bonds. The summed E-state index contributed by atoms with van der Waals surface area (Å²) in [6.45, 7) is 0.319. The second-order valence-electron chi connectivity index (χ2n) is 4.15. The first kappa shape index (κ1) is 14.3. The monoisotopic (exact) mass is 285 g/mol. The number of hydrogen-bond acceptors (Lipinski definition) is 4. The zero-order valence-electron chi connectivity index (χ0n) is 11.0. The first-order chi connectivity index (χ1) is 9.84. The minimum Gasteiger partial charge on any atom is -0.460 e. The number of hydrogen-bond donors (Lipinski definition) is 0. The van der Waals surface area contributed by atoms with Crippen LogP contribution in [0.25, 0.3) is 0 Å². The maximum atomic E-state index is 11.5. The quantitative estimate of drug-likeness (QED) is 0.480. The smallest absolute Gasteiger partial charge is 0.306 e. The molecule has 2 aromatic rings. The van der Waals surface area contributed by atoms with Crippen molar-refractivity contribution in [3.63, 3.8) is 0 Å². The molecule has 0 atom stereocenters. The van der Waals surface area contributed by atoms with Crippen LogP contribution < -0.4 is 0 Å². The van der Waals surface area contributed by atoms with Crippen molar-refractivity contribution in [2.75, 3.05) is 0 Å². The normalized spacial score (nSPS) is 9.60. The van der Waals surface area contributed by atoms with Crippen LogP contribution in [0.5, 0.6) is 0 Å². The molecular weight excluding hydrogens is 270 g/mol. The van der Waals surface area contributed by atoms with Crippen LogP contribution in [-0.4, -0.2) is 11.0 Å². The summed E-state index contributed by atoms with van der Waals surface area (Å²) >= 11 is 1.48. The van der Waals surface area contributed by atoms with Gasteiger partial charge in [0.2, 0.25) is 0 Å². The number of esters is 1. The van der Waals surface area contributed by atoms with Crippen LogP contribution in [0.15, 0.2) is 42.0 Å². The number of rotatable bonds is 5. The minimum atomic E-state index is -0.181. The molecule has 0 unspecified atom stereocenters. The molecule has 1 heterocycles. The lowest BCUT2D eigenvalue weighted by Gasteiger charge is -2.01. The SMILES string of the molecule is O=C(CCCC#Cc1ccccc1)OCc1cncs1. The molecule has 0 aliphatic carbocycles. The molecule has 2 rings (SSSR count). The summed E-state index contributed by atoms with van der Waals surface area (Å²) in [6.07, 6.45) is 3.54. The number of aromatic nitrogens is 1. The van der Waals surface area contributed by atoms with Crippen LogP contribution in [0.4, 0.5) is 0 Å². The van der Waals surface area contributed by atoms with Crippen LogP contribution in [0.3, 0.4) is 0 Å². The van der Waals surface area contributed by atoms with Gasteiger partial charge in [-0.3, -0.25) is 9.78 Å². The van der Waals surface area contributed by atoms with E-state index in [1.165, 1.54) is 11.3 Å². The molecule has 0 bridgehead atoms. The van der Waals surface area contributed by atoms with E-state index in [1.54, 1.807) is 11.7 Å². The fraction of sp³-hybridized carbons (Fsp3) is 0.250. The number of ether oxygens (including phenoxy) is 1. The minimum absolute atomic E-state index is 0.181.